The Labute approximate surface area is 258 Å². The highest BCUT2D eigenvalue weighted by Crippen LogP contribution is 2.27. The molecule has 0 heterocycles. The molecule has 0 radical (unpaired) electrons. The van der Waals surface area contributed by atoms with Gasteiger partial charge in [-0.25, -0.2) is 4.79 Å². The van der Waals surface area contributed by atoms with Crippen LogP contribution in [-0.4, -0.2) is 34.3 Å². The van der Waals surface area contributed by atoms with E-state index in [0.29, 0.717) is 22.1 Å². The molecule has 0 aliphatic heterocycles. The number of rotatable bonds is 17. The highest BCUT2D eigenvalue weighted by molar-refractivity contribution is 9.10. The van der Waals surface area contributed by atoms with Gasteiger partial charge in [-0.3, -0.25) is 9.59 Å². The van der Waals surface area contributed by atoms with E-state index in [2.05, 4.69) is 28.2 Å². The van der Waals surface area contributed by atoms with Gasteiger partial charge in [-0.15, -0.1) is 0 Å². The van der Waals surface area contributed by atoms with E-state index in [0.717, 1.165) is 29.5 Å². The number of hydrogen-bond donors (Lipinski definition) is 2. The minimum atomic E-state index is -1.51. The van der Waals surface area contributed by atoms with Crippen LogP contribution in [-0.2, 0) is 22.7 Å². The van der Waals surface area contributed by atoms with Crippen molar-refractivity contribution in [1.29, 1.82) is 0 Å². The van der Waals surface area contributed by atoms with Crippen LogP contribution in [0.5, 0.6) is 0 Å². The van der Waals surface area contributed by atoms with E-state index in [1.165, 1.54) is 56.3 Å². The molecule has 0 aromatic heterocycles. The fourth-order valence-corrected chi connectivity index (χ4v) is 5.54. The first-order chi connectivity index (χ1) is 20.4. The smallest absolute Gasteiger partial charge is 0.394 e. The lowest BCUT2D eigenvalue weighted by Gasteiger charge is -2.23. The van der Waals surface area contributed by atoms with Gasteiger partial charge in [0.1, 0.15) is 0 Å². The van der Waals surface area contributed by atoms with E-state index in [1.807, 2.05) is 54.6 Å². The van der Waals surface area contributed by atoms with Gasteiger partial charge in [-0.2, -0.15) is 0 Å². The molecule has 0 spiro atoms. The summed E-state index contributed by atoms with van der Waals surface area (Å²) in [5.41, 5.74) is 4.01. The average Bonchev–Trinajstić information content (AvgIpc) is 3.00. The maximum absolute atomic E-state index is 12.7. The Morgan fingerprint density at radius 3 is 1.98 bits per heavy atom. The van der Waals surface area contributed by atoms with E-state index in [9.17, 15) is 19.5 Å². The fourth-order valence-electron chi connectivity index (χ4n) is 5.04. The summed E-state index contributed by atoms with van der Waals surface area (Å²) in [7, 11) is 0. The second-order valence-electron chi connectivity index (χ2n) is 10.7. The molecule has 0 aliphatic rings. The van der Waals surface area contributed by atoms with Gasteiger partial charge < -0.3 is 15.3 Å². The number of unbranched alkanes of at least 4 members (excludes halogenated alkanes) is 9. The number of amides is 2. The van der Waals surface area contributed by atoms with Crippen LogP contribution in [0, 0.1) is 0 Å². The number of carboxylic acids is 1. The van der Waals surface area contributed by atoms with Crippen molar-refractivity contribution in [2.45, 2.75) is 84.2 Å². The molecule has 7 heteroatoms. The molecular weight excluding hydrogens is 592 g/mol. The highest BCUT2D eigenvalue weighted by Gasteiger charge is 2.23. The standard InChI is InChI=1S/C35H43BrN2O4/c1-2-3-4-5-6-7-8-9-10-16-23-37-33(39)28-21-22-30(32(36)24-28)26-38(34(40)35(41)42)25-29-19-14-15-20-31(29)27-17-12-11-13-18-27/h11-15,17-22,24H,2-10,16,23,25-26H2,1H3,(H,37,39)(H,41,42). The molecular formula is C35H43BrN2O4. The van der Waals surface area contributed by atoms with Gasteiger partial charge in [0.05, 0.1) is 0 Å². The van der Waals surface area contributed by atoms with E-state index < -0.39 is 11.9 Å². The second-order valence-corrected chi connectivity index (χ2v) is 11.6. The van der Waals surface area contributed by atoms with Crippen LogP contribution in [0.1, 0.15) is 92.6 Å². The third-order valence-electron chi connectivity index (χ3n) is 7.43. The lowest BCUT2D eigenvalue weighted by molar-refractivity contribution is -0.156. The number of halogens is 1. The lowest BCUT2D eigenvalue weighted by atomic mass is 9.99. The zero-order valence-corrected chi connectivity index (χ0v) is 26.2. The van der Waals surface area contributed by atoms with Crippen molar-refractivity contribution in [2.75, 3.05) is 6.54 Å². The van der Waals surface area contributed by atoms with E-state index in [4.69, 9.17) is 0 Å². The number of benzene rings is 3. The van der Waals surface area contributed by atoms with E-state index in [-0.39, 0.29) is 19.0 Å². The molecule has 0 bridgehead atoms. The van der Waals surface area contributed by atoms with Crippen LogP contribution in [0.25, 0.3) is 11.1 Å². The van der Waals surface area contributed by atoms with Crippen molar-refractivity contribution in [3.8, 4) is 11.1 Å². The molecule has 42 heavy (non-hydrogen) atoms. The molecule has 3 rings (SSSR count). The Hall–Kier alpha value is -3.45. The molecule has 3 aromatic carbocycles. The monoisotopic (exact) mass is 634 g/mol. The second kappa shape index (κ2) is 18.2. The van der Waals surface area contributed by atoms with Crippen LogP contribution in [0.15, 0.2) is 77.3 Å². The minimum absolute atomic E-state index is 0.0787. The molecule has 2 N–H and O–H groups in total. The first kappa shape index (κ1) is 33.1. The van der Waals surface area contributed by atoms with Crippen molar-refractivity contribution in [1.82, 2.24) is 10.2 Å². The van der Waals surface area contributed by atoms with Crippen LogP contribution in [0.2, 0.25) is 0 Å². The number of carbonyl (C=O) groups is 3. The third-order valence-corrected chi connectivity index (χ3v) is 8.16. The summed E-state index contributed by atoms with van der Waals surface area (Å²) in [5.74, 6) is -2.64. The Balaban J connectivity index is 1.55. The SMILES string of the molecule is CCCCCCCCCCCCNC(=O)c1ccc(CN(Cc2ccccc2-c2ccccc2)C(=O)C(=O)O)c(Br)c1. The van der Waals surface area contributed by atoms with Gasteiger partial charge in [0, 0.05) is 29.7 Å². The first-order valence-corrected chi connectivity index (χ1v) is 15.9. The molecule has 0 aliphatic carbocycles. The highest BCUT2D eigenvalue weighted by atomic mass is 79.9. The van der Waals surface area contributed by atoms with Crippen molar-refractivity contribution in [3.63, 3.8) is 0 Å². The van der Waals surface area contributed by atoms with Gasteiger partial charge in [0.25, 0.3) is 5.91 Å². The number of nitrogens with one attached hydrogen (secondary N) is 1. The molecule has 3 aromatic rings. The molecule has 0 saturated carbocycles. The van der Waals surface area contributed by atoms with Crippen LogP contribution < -0.4 is 5.32 Å². The normalized spacial score (nSPS) is 10.8. The summed E-state index contributed by atoms with van der Waals surface area (Å²) in [6.07, 6.45) is 12.5. The van der Waals surface area contributed by atoms with E-state index in [1.54, 1.807) is 18.2 Å². The summed E-state index contributed by atoms with van der Waals surface area (Å²) < 4.78 is 0.647. The molecule has 6 nitrogen and oxygen atoms in total. The molecule has 0 unspecified atom stereocenters. The van der Waals surface area contributed by atoms with Gasteiger partial charge >= 0.3 is 11.9 Å². The van der Waals surface area contributed by atoms with Crippen molar-refractivity contribution in [2.24, 2.45) is 0 Å². The van der Waals surface area contributed by atoms with Crippen LogP contribution in [0.3, 0.4) is 0 Å². The zero-order chi connectivity index (χ0) is 30.2. The number of aliphatic carboxylic acids is 1. The predicted octanol–water partition coefficient (Wildman–Crippen LogP) is 8.38. The third kappa shape index (κ3) is 10.8. The topological polar surface area (TPSA) is 86.7 Å². The Bertz CT molecular complexity index is 1300. The molecule has 224 valence electrons. The number of hydrogen-bond acceptors (Lipinski definition) is 3. The fraction of sp³-hybridized carbons (Fsp3) is 0.400. The van der Waals surface area contributed by atoms with Crippen molar-refractivity contribution >= 4 is 33.7 Å². The van der Waals surface area contributed by atoms with Crippen LogP contribution in [0.4, 0.5) is 0 Å². The van der Waals surface area contributed by atoms with Gasteiger partial charge in [0.2, 0.25) is 0 Å². The largest absolute Gasteiger partial charge is 0.474 e. The lowest BCUT2D eigenvalue weighted by Crippen LogP contribution is -2.35. The summed E-state index contributed by atoms with van der Waals surface area (Å²) >= 11 is 3.54. The summed E-state index contributed by atoms with van der Waals surface area (Å²) in [4.78, 5) is 38.5. The molecule has 0 fully saturated rings. The number of carbonyl (C=O) groups excluding carboxylic acids is 2. The zero-order valence-electron chi connectivity index (χ0n) is 24.6. The van der Waals surface area contributed by atoms with E-state index >= 15 is 0 Å². The summed E-state index contributed by atoms with van der Waals surface area (Å²) in [5, 5.41) is 12.5. The Morgan fingerprint density at radius 1 is 0.738 bits per heavy atom. The summed E-state index contributed by atoms with van der Waals surface area (Å²) in [6.45, 7) is 3.08. The summed E-state index contributed by atoms with van der Waals surface area (Å²) in [6, 6.07) is 22.7. The Kier molecular flexibility index (Phi) is 14.3. The maximum Gasteiger partial charge on any atom is 0.394 e. The average molecular weight is 636 g/mol. The number of carboxylic acid groups (broad SMARTS) is 1. The Morgan fingerprint density at radius 2 is 1.33 bits per heavy atom. The van der Waals surface area contributed by atoms with Gasteiger partial charge in [-0.1, -0.05) is 141 Å². The quantitative estimate of drug-likeness (QED) is 0.115. The predicted molar refractivity (Wildman–Crippen MR) is 172 cm³/mol. The van der Waals surface area contributed by atoms with Gasteiger partial charge in [-0.05, 0) is 40.8 Å². The molecule has 0 atom stereocenters. The molecule has 0 saturated heterocycles. The van der Waals surface area contributed by atoms with Crippen LogP contribution >= 0.6 is 15.9 Å². The first-order valence-electron chi connectivity index (χ1n) is 15.1. The minimum Gasteiger partial charge on any atom is -0.474 e. The number of nitrogens with zero attached hydrogens (tertiary/aromatic N) is 1. The van der Waals surface area contributed by atoms with Crippen molar-refractivity contribution < 1.29 is 19.5 Å². The maximum atomic E-state index is 12.7. The van der Waals surface area contributed by atoms with Gasteiger partial charge in [0.15, 0.2) is 0 Å². The van der Waals surface area contributed by atoms with Crippen molar-refractivity contribution in [3.05, 3.63) is 94.0 Å². The molecule has 2 amide bonds.